The van der Waals surface area contributed by atoms with Gasteiger partial charge in [0.2, 0.25) is 0 Å². The lowest BCUT2D eigenvalue weighted by Crippen LogP contribution is -2.55. The summed E-state index contributed by atoms with van der Waals surface area (Å²) < 4.78 is 5.79. The van der Waals surface area contributed by atoms with Gasteiger partial charge in [0, 0.05) is 18.2 Å². The van der Waals surface area contributed by atoms with Gasteiger partial charge >= 0.3 is 0 Å². The Bertz CT molecular complexity index is 834. The van der Waals surface area contributed by atoms with Crippen molar-refractivity contribution in [2.24, 2.45) is 5.41 Å². The maximum Gasteiger partial charge on any atom is 0.254 e. The average molecular weight is 396 g/mol. The minimum absolute atomic E-state index is 0.108. The standard InChI is InChI=1S/C23H28N2O4/c1-23(2,22(27)24-28)20-10-6-7-15-25(20)21(26)18-11-13-19(14-12-18)29-16-17-8-4-3-5-9-17/h3-5,8-9,11-14,20,28H,6-7,10,15-16H2,1-2H3,(H,24,27). The molecular weight excluding hydrogens is 368 g/mol. The van der Waals surface area contributed by atoms with Crippen molar-refractivity contribution in [2.75, 3.05) is 6.54 Å². The number of piperidine rings is 1. The van der Waals surface area contributed by atoms with E-state index in [9.17, 15) is 9.59 Å². The zero-order valence-corrected chi connectivity index (χ0v) is 16.9. The van der Waals surface area contributed by atoms with Crippen molar-refractivity contribution in [2.45, 2.75) is 45.8 Å². The number of carbonyl (C=O) groups excluding carboxylic acids is 2. The van der Waals surface area contributed by atoms with Crippen LogP contribution in [0.4, 0.5) is 0 Å². The number of hydrogen-bond acceptors (Lipinski definition) is 4. The molecule has 0 aromatic heterocycles. The highest BCUT2D eigenvalue weighted by Gasteiger charge is 2.43. The lowest BCUT2D eigenvalue weighted by atomic mass is 9.78. The number of nitrogens with one attached hydrogen (secondary N) is 1. The lowest BCUT2D eigenvalue weighted by Gasteiger charge is -2.43. The second kappa shape index (κ2) is 9.09. The molecule has 0 aliphatic carbocycles. The van der Waals surface area contributed by atoms with E-state index in [1.165, 1.54) is 0 Å². The summed E-state index contributed by atoms with van der Waals surface area (Å²) in [6.07, 6.45) is 2.57. The Morgan fingerprint density at radius 3 is 2.45 bits per heavy atom. The first kappa shape index (κ1) is 20.9. The fraction of sp³-hybridized carbons (Fsp3) is 0.391. The first-order chi connectivity index (χ1) is 13.9. The SMILES string of the molecule is CC(C)(C(=O)NO)C1CCCCN1C(=O)c1ccc(OCc2ccccc2)cc1. The molecule has 2 aromatic rings. The molecule has 6 nitrogen and oxygen atoms in total. The topological polar surface area (TPSA) is 78.9 Å². The lowest BCUT2D eigenvalue weighted by molar-refractivity contribution is -0.142. The van der Waals surface area contributed by atoms with Crippen molar-refractivity contribution in [1.82, 2.24) is 10.4 Å². The van der Waals surface area contributed by atoms with Crippen LogP contribution in [0.15, 0.2) is 54.6 Å². The third kappa shape index (κ3) is 4.77. The predicted octanol–water partition coefficient (Wildman–Crippen LogP) is 3.79. The molecular formula is C23H28N2O4. The Morgan fingerprint density at radius 2 is 1.79 bits per heavy atom. The Morgan fingerprint density at radius 1 is 1.10 bits per heavy atom. The van der Waals surface area contributed by atoms with Gasteiger partial charge in [-0.25, -0.2) is 5.48 Å². The Balaban J connectivity index is 1.70. The summed E-state index contributed by atoms with van der Waals surface area (Å²) in [6, 6.07) is 16.7. The number of hydroxylamine groups is 1. The molecule has 1 fully saturated rings. The molecule has 29 heavy (non-hydrogen) atoms. The third-order valence-corrected chi connectivity index (χ3v) is 5.63. The molecule has 1 unspecified atom stereocenters. The zero-order valence-electron chi connectivity index (χ0n) is 16.9. The molecule has 1 heterocycles. The van der Waals surface area contributed by atoms with Crippen LogP contribution in [-0.4, -0.2) is 34.5 Å². The fourth-order valence-electron chi connectivity index (χ4n) is 3.82. The first-order valence-corrected chi connectivity index (χ1v) is 9.96. The second-order valence-electron chi connectivity index (χ2n) is 7.97. The van der Waals surface area contributed by atoms with Crippen LogP contribution in [0.1, 0.15) is 49.0 Å². The number of benzene rings is 2. The average Bonchev–Trinajstić information content (AvgIpc) is 2.77. The van der Waals surface area contributed by atoms with Crippen molar-refractivity contribution in [3.63, 3.8) is 0 Å². The summed E-state index contributed by atoms with van der Waals surface area (Å²) in [5, 5.41) is 9.09. The number of hydrogen-bond donors (Lipinski definition) is 2. The third-order valence-electron chi connectivity index (χ3n) is 5.63. The van der Waals surface area contributed by atoms with Crippen LogP contribution in [0.5, 0.6) is 5.75 Å². The van der Waals surface area contributed by atoms with Crippen molar-refractivity contribution in [3.05, 3.63) is 65.7 Å². The molecule has 3 rings (SSSR count). The van der Waals surface area contributed by atoms with Gasteiger partial charge in [-0.05, 0) is 62.9 Å². The number of carbonyl (C=O) groups is 2. The highest BCUT2D eigenvalue weighted by Crippen LogP contribution is 2.33. The largest absolute Gasteiger partial charge is 0.489 e. The molecule has 0 spiro atoms. The summed E-state index contributed by atoms with van der Waals surface area (Å²) in [5.41, 5.74) is 2.49. The molecule has 6 heteroatoms. The van der Waals surface area contributed by atoms with Gasteiger partial charge in [-0.15, -0.1) is 0 Å². The molecule has 1 saturated heterocycles. The highest BCUT2D eigenvalue weighted by molar-refractivity contribution is 5.95. The molecule has 1 atom stereocenters. The van der Waals surface area contributed by atoms with Gasteiger partial charge in [-0.1, -0.05) is 30.3 Å². The normalized spacial score (nSPS) is 16.9. The smallest absolute Gasteiger partial charge is 0.254 e. The Kier molecular flexibility index (Phi) is 6.54. The van der Waals surface area contributed by atoms with Crippen LogP contribution < -0.4 is 10.2 Å². The first-order valence-electron chi connectivity index (χ1n) is 9.96. The molecule has 2 amide bonds. The van der Waals surface area contributed by atoms with E-state index in [4.69, 9.17) is 9.94 Å². The Labute approximate surface area is 171 Å². The van der Waals surface area contributed by atoms with E-state index in [0.717, 1.165) is 24.8 Å². The van der Waals surface area contributed by atoms with Crippen LogP contribution in [0.25, 0.3) is 0 Å². The van der Waals surface area contributed by atoms with E-state index in [-0.39, 0.29) is 11.9 Å². The van der Waals surface area contributed by atoms with Crippen molar-refractivity contribution >= 4 is 11.8 Å². The van der Waals surface area contributed by atoms with E-state index in [1.807, 2.05) is 30.3 Å². The van der Waals surface area contributed by atoms with E-state index < -0.39 is 11.3 Å². The van der Waals surface area contributed by atoms with Gasteiger partial charge in [0.1, 0.15) is 12.4 Å². The molecule has 2 aromatic carbocycles. The van der Waals surface area contributed by atoms with E-state index >= 15 is 0 Å². The predicted molar refractivity (Wildman–Crippen MR) is 110 cm³/mol. The van der Waals surface area contributed by atoms with Crippen molar-refractivity contribution in [1.29, 1.82) is 0 Å². The minimum atomic E-state index is -0.885. The van der Waals surface area contributed by atoms with Gasteiger partial charge in [0.05, 0.1) is 5.41 Å². The van der Waals surface area contributed by atoms with Gasteiger partial charge in [-0.3, -0.25) is 14.8 Å². The zero-order chi connectivity index (χ0) is 20.9. The summed E-state index contributed by atoms with van der Waals surface area (Å²) in [6.45, 7) is 4.58. The van der Waals surface area contributed by atoms with Crippen LogP contribution in [0.3, 0.4) is 0 Å². The monoisotopic (exact) mass is 396 g/mol. The van der Waals surface area contributed by atoms with Crippen LogP contribution >= 0.6 is 0 Å². The van der Waals surface area contributed by atoms with E-state index in [0.29, 0.717) is 24.5 Å². The molecule has 0 bridgehead atoms. The fourth-order valence-corrected chi connectivity index (χ4v) is 3.82. The van der Waals surface area contributed by atoms with Gasteiger partial charge in [0.15, 0.2) is 0 Å². The van der Waals surface area contributed by atoms with Crippen molar-refractivity contribution in [3.8, 4) is 5.75 Å². The van der Waals surface area contributed by atoms with E-state index in [2.05, 4.69) is 0 Å². The van der Waals surface area contributed by atoms with Crippen LogP contribution in [0, 0.1) is 5.41 Å². The van der Waals surface area contributed by atoms with Crippen LogP contribution in [-0.2, 0) is 11.4 Å². The van der Waals surface area contributed by atoms with E-state index in [1.54, 1.807) is 48.5 Å². The summed E-state index contributed by atoms with van der Waals surface area (Å²) >= 11 is 0. The minimum Gasteiger partial charge on any atom is -0.489 e. The molecule has 1 aliphatic heterocycles. The summed E-state index contributed by atoms with van der Waals surface area (Å²) in [7, 11) is 0. The Hall–Kier alpha value is -2.86. The second-order valence-corrected chi connectivity index (χ2v) is 7.97. The molecule has 1 aliphatic rings. The van der Waals surface area contributed by atoms with Crippen molar-refractivity contribution < 1.29 is 19.5 Å². The molecule has 0 saturated carbocycles. The number of ether oxygens (including phenoxy) is 1. The number of rotatable bonds is 6. The summed E-state index contributed by atoms with van der Waals surface area (Å²) in [4.78, 5) is 27.1. The number of nitrogens with zero attached hydrogens (tertiary/aromatic N) is 1. The van der Waals surface area contributed by atoms with Crippen LogP contribution in [0.2, 0.25) is 0 Å². The van der Waals surface area contributed by atoms with Gasteiger partial charge in [-0.2, -0.15) is 0 Å². The quantitative estimate of drug-likeness (QED) is 0.575. The van der Waals surface area contributed by atoms with Gasteiger partial charge in [0.25, 0.3) is 11.8 Å². The molecule has 0 radical (unpaired) electrons. The maximum atomic E-state index is 13.1. The highest BCUT2D eigenvalue weighted by atomic mass is 16.5. The maximum absolute atomic E-state index is 13.1. The molecule has 2 N–H and O–H groups in total. The van der Waals surface area contributed by atoms with Gasteiger partial charge < -0.3 is 9.64 Å². The number of likely N-dealkylation sites (tertiary alicyclic amines) is 1. The number of amides is 2. The molecule has 154 valence electrons. The summed E-state index contributed by atoms with van der Waals surface area (Å²) in [5.74, 6) is 0.107.